The van der Waals surface area contributed by atoms with Gasteiger partial charge in [-0.05, 0) is 43.3 Å². The number of carbonyl (C=O) groups excluding carboxylic acids is 1. The Labute approximate surface area is 128 Å². The van der Waals surface area contributed by atoms with Gasteiger partial charge < -0.3 is 9.73 Å². The number of nitrogens with zero attached hydrogens (tertiary/aromatic N) is 1. The second kappa shape index (κ2) is 6.03. The highest BCUT2D eigenvalue weighted by atomic mass is 32.1. The first-order chi connectivity index (χ1) is 10.1. The maximum absolute atomic E-state index is 12.1. The smallest absolute Gasteiger partial charge is 0.254 e. The van der Waals surface area contributed by atoms with Gasteiger partial charge >= 0.3 is 0 Å². The van der Waals surface area contributed by atoms with Gasteiger partial charge in [-0.1, -0.05) is 0 Å². The first-order valence-electron chi connectivity index (χ1n) is 7.26. The summed E-state index contributed by atoms with van der Waals surface area (Å²) in [5.41, 5.74) is 2.07. The molecule has 0 unspecified atom stereocenters. The van der Waals surface area contributed by atoms with Crippen molar-refractivity contribution in [2.75, 3.05) is 13.1 Å². The molecule has 0 saturated carbocycles. The summed E-state index contributed by atoms with van der Waals surface area (Å²) in [5, 5.41) is 5.17. The largest absolute Gasteiger partial charge is 0.469 e. The quantitative estimate of drug-likeness (QED) is 0.945. The molecular weight excluding hydrogens is 284 g/mol. The zero-order chi connectivity index (χ0) is 14.8. The molecule has 21 heavy (non-hydrogen) atoms. The number of fused-ring (bicyclic) bond motifs is 1. The molecule has 1 atom stereocenters. The van der Waals surface area contributed by atoms with Crippen LogP contribution in [0.4, 0.5) is 0 Å². The summed E-state index contributed by atoms with van der Waals surface area (Å²) in [7, 11) is 0. The summed E-state index contributed by atoms with van der Waals surface area (Å²) in [4.78, 5) is 16.0. The van der Waals surface area contributed by atoms with Gasteiger partial charge in [0.25, 0.3) is 5.91 Å². The molecule has 0 aliphatic carbocycles. The average molecular weight is 304 g/mol. The fourth-order valence-corrected chi connectivity index (χ4v) is 3.62. The minimum atomic E-state index is -0.0543. The van der Waals surface area contributed by atoms with Crippen molar-refractivity contribution in [3.63, 3.8) is 0 Å². The third-order valence-electron chi connectivity index (χ3n) is 4.12. The van der Waals surface area contributed by atoms with E-state index in [1.54, 1.807) is 19.3 Å². The lowest BCUT2D eigenvalue weighted by Crippen LogP contribution is -2.44. The number of thiophene rings is 1. The molecule has 3 rings (SSSR count). The van der Waals surface area contributed by atoms with E-state index in [-0.39, 0.29) is 5.91 Å². The molecule has 1 N–H and O–H groups in total. The van der Waals surface area contributed by atoms with E-state index >= 15 is 0 Å². The highest BCUT2D eigenvalue weighted by Gasteiger charge is 2.22. The molecule has 0 bridgehead atoms. The summed E-state index contributed by atoms with van der Waals surface area (Å²) < 4.78 is 5.17. The molecule has 0 spiro atoms. The summed E-state index contributed by atoms with van der Waals surface area (Å²) >= 11 is 1.85. The Morgan fingerprint density at radius 1 is 1.52 bits per heavy atom. The Kier molecular flexibility index (Phi) is 4.12. The van der Waals surface area contributed by atoms with Crippen LogP contribution in [0.5, 0.6) is 0 Å². The third-order valence-corrected chi connectivity index (χ3v) is 5.15. The second-order valence-electron chi connectivity index (χ2n) is 5.54. The van der Waals surface area contributed by atoms with Crippen molar-refractivity contribution < 1.29 is 9.21 Å². The highest BCUT2D eigenvalue weighted by Crippen LogP contribution is 2.25. The number of amides is 1. The number of furan rings is 1. The van der Waals surface area contributed by atoms with Gasteiger partial charge in [-0.15, -0.1) is 11.3 Å². The standard InChI is InChI=1S/C16H20N2O2S/c1-11(9-17-16(19)14-4-7-20-12(14)2)18-6-3-15-13(10-18)5-8-21-15/h4-5,7-8,11H,3,6,9-10H2,1-2H3,(H,17,19)/t11-/m0/s1. The molecular formula is C16H20N2O2S. The molecule has 1 aliphatic rings. The lowest BCUT2D eigenvalue weighted by Gasteiger charge is -2.32. The van der Waals surface area contributed by atoms with Crippen molar-refractivity contribution in [2.24, 2.45) is 0 Å². The molecule has 0 aromatic carbocycles. The molecule has 2 aromatic heterocycles. The summed E-state index contributed by atoms with van der Waals surface area (Å²) in [6.45, 7) is 6.68. The maximum atomic E-state index is 12.1. The van der Waals surface area contributed by atoms with Crippen LogP contribution in [0.15, 0.2) is 28.2 Å². The van der Waals surface area contributed by atoms with Gasteiger partial charge in [0, 0.05) is 30.6 Å². The van der Waals surface area contributed by atoms with Gasteiger partial charge in [-0.25, -0.2) is 0 Å². The van der Waals surface area contributed by atoms with Crippen LogP contribution in [0, 0.1) is 6.92 Å². The Morgan fingerprint density at radius 2 is 2.38 bits per heavy atom. The molecule has 1 amide bonds. The monoisotopic (exact) mass is 304 g/mol. The molecule has 0 saturated heterocycles. The van der Waals surface area contributed by atoms with E-state index in [2.05, 4.69) is 28.6 Å². The Balaban J connectivity index is 1.54. The van der Waals surface area contributed by atoms with E-state index in [1.807, 2.05) is 11.3 Å². The lowest BCUT2D eigenvalue weighted by molar-refractivity contribution is 0.0931. The average Bonchev–Trinajstić information content (AvgIpc) is 3.11. The van der Waals surface area contributed by atoms with Crippen LogP contribution in [0.1, 0.15) is 33.5 Å². The normalized spacial score (nSPS) is 16.5. The first-order valence-corrected chi connectivity index (χ1v) is 8.14. The molecule has 5 heteroatoms. The van der Waals surface area contributed by atoms with Gasteiger partial charge in [0.2, 0.25) is 0 Å². The Bertz CT molecular complexity index is 632. The van der Waals surface area contributed by atoms with Crippen LogP contribution in [-0.2, 0) is 13.0 Å². The number of nitrogens with one attached hydrogen (secondary N) is 1. The minimum Gasteiger partial charge on any atom is -0.469 e. The fraction of sp³-hybridized carbons (Fsp3) is 0.438. The van der Waals surface area contributed by atoms with E-state index in [1.165, 1.54) is 10.4 Å². The van der Waals surface area contributed by atoms with E-state index in [0.29, 0.717) is 23.9 Å². The predicted molar refractivity (Wildman–Crippen MR) is 83.7 cm³/mol. The van der Waals surface area contributed by atoms with Crippen molar-refractivity contribution in [1.82, 2.24) is 10.2 Å². The van der Waals surface area contributed by atoms with Gasteiger partial charge in [0.1, 0.15) is 5.76 Å². The van der Waals surface area contributed by atoms with Crippen molar-refractivity contribution in [3.8, 4) is 0 Å². The topological polar surface area (TPSA) is 45.5 Å². The Morgan fingerprint density at radius 3 is 3.14 bits per heavy atom. The highest BCUT2D eigenvalue weighted by molar-refractivity contribution is 7.10. The van der Waals surface area contributed by atoms with Crippen molar-refractivity contribution >= 4 is 17.2 Å². The maximum Gasteiger partial charge on any atom is 0.254 e. The van der Waals surface area contributed by atoms with Crippen LogP contribution < -0.4 is 5.32 Å². The zero-order valence-electron chi connectivity index (χ0n) is 12.4. The molecule has 0 radical (unpaired) electrons. The number of carbonyl (C=O) groups is 1. The molecule has 4 nitrogen and oxygen atoms in total. The van der Waals surface area contributed by atoms with Crippen LogP contribution in [-0.4, -0.2) is 29.9 Å². The Hall–Kier alpha value is -1.59. The molecule has 112 valence electrons. The fourth-order valence-electron chi connectivity index (χ4n) is 2.73. The minimum absolute atomic E-state index is 0.0543. The molecule has 1 aliphatic heterocycles. The second-order valence-corrected chi connectivity index (χ2v) is 6.54. The summed E-state index contributed by atoms with van der Waals surface area (Å²) in [6, 6.07) is 4.26. The van der Waals surface area contributed by atoms with Crippen molar-refractivity contribution in [3.05, 3.63) is 45.5 Å². The van der Waals surface area contributed by atoms with Crippen LogP contribution in [0.3, 0.4) is 0 Å². The van der Waals surface area contributed by atoms with Crippen molar-refractivity contribution in [1.29, 1.82) is 0 Å². The van der Waals surface area contributed by atoms with Gasteiger partial charge in [-0.2, -0.15) is 0 Å². The van der Waals surface area contributed by atoms with Crippen LogP contribution in [0.25, 0.3) is 0 Å². The predicted octanol–water partition coefficient (Wildman–Crippen LogP) is 2.83. The van der Waals surface area contributed by atoms with Crippen LogP contribution in [0.2, 0.25) is 0 Å². The van der Waals surface area contributed by atoms with Crippen LogP contribution >= 0.6 is 11.3 Å². The summed E-state index contributed by atoms with van der Waals surface area (Å²) in [5.74, 6) is 0.613. The van der Waals surface area contributed by atoms with Gasteiger partial charge in [0.05, 0.1) is 11.8 Å². The molecule has 3 heterocycles. The number of hydrogen-bond donors (Lipinski definition) is 1. The number of rotatable bonds is 4. The third kappa shape index (κ3) is 3.04. The molecule has 2 aromatic rings. The van der Waals surface area contributed by atoms with Crippen molar-refractivity contribution in [2.45, 2.75) is 32.9 Å². The number of aryl methyl sites for hydroxylation is 1. The first kappa shape index (κ1) is 14.4. The number of hydrogen-bond acceptors (Lipinski definition) is 4. The SMILES string of the molecule is Cc1occc1C(=O)NC[C@H](C)N1CCc2sccc2C1. The van der Waals surface area contributed by atoms with E-state index in [9.17, 15) is 4.79 Å². The lowest BCUT2D eigenvalue weighted by atomic mass is 10.1. The van der Waals surface area contributed by atoms with E-state index in [0.717, 1.165) is 19.5 Å². The summed E-state index contributed by atoms with van der Waals surface area (Å²) in [6.07, 6.45) is 2.67. The van der Waals surface area contributed by atoms with Gasteiger partial charge in [0.15, 0.2) is 0 Å². The van der Waals surface area contributed by atoms with Gasteiger partial charge in [-0.3, -0.25) is 9.69 Å². The molecule has 0 fully saturated rings. The van der Waals surface area contributed by atoms with E-state index in [4.69, 9.17) is 4.42 Å². The zero-order valence-corrected chi connectivity index (χ0v) is 13.2. The van der Waals surface area contributed by atoms with E-state index < -0.39 is 0 Å².